The maximum absolute atomic E-state index is 5.62. The summed E-state index contributed by atoms with van der Waals surface area (Å²) < 4.78 is 12.7. The molecule has 0 aromatic carbocycles. The largest absolute Gasteiger partial charge is 0.493 e. The third kappa shape index (κ3) is 3.83. The lowest BCUT2D eigenvalue weighted by Gasteiger charge is -2.37. The molecule has 0 radical (unpaired) electrons. The molecule has 4 aromatic heterocycles. The maximum Gasteiger partial charge on any atom is 0.197 e. The predicted octanol–water partition coefficient (Wildman–Crippen LogP) is 3.67. The highest BCUT2D eigenvalue weighted by Gasteiger charge is 2.28. The highest BCUT2D eigenvalue weighted by atomic mass is 16.5. The zero-order chi connectivity index (χ0) is 24.1. The van der Waals surface area contributed by atoms with Crippen LogP contribution < -0.4 is 15.0 Å². The van der Waals surface area contributed by atoms with Crippen LogP contribution in [0, 0.1) is 6.92 Å². The minimum Gasteiger partial charge on any atom is -0.493 e. The van der Waals surface area contributed by atoms with Crippen molar-refractivity contribution in [3.8, 4) is 17.0 Å². The van der Waals surface area contributed by atoms with E-state index in [-0.39, 0.29) is 0 Å². The molecule has 0 unspecified atom stereocenters. The van der Waals surface area contributed by atoms with Gasteiger partial charge >= 0.3 is 0 Å². The van der Waals surface area contributed by atoms with Crippen molar-refractivity contribution in [3.05, 3.63) is 35.9 Å². The molecule has 0 amide bonds. The first-order chi connectivity index (χ1) is 17.0. The summed E-state index contributed by atoms with van der Waals surface area (Å²) in [6.07, 6.45) is 7.81. The van der Waals surface area contributed by atoms with Crippen LogP contribution >= 0.6 is 0 Å². The normalized spacial score (nSPS) is 17.6. The van der Waals surface area contributed by atoms with E-state index in [4.69, 9.17) is 14.5 Å². The molecule has 0 atom stereocenters. The van der Waals surface area contributed by atoms with Crippen molar-refractivity contribution >= 4 is 22.4 Å². The number of aryl methyl sites for hydroxylation is 1. The number of fused-ring (bicyclic) bond motifs is 2. The van der Waals surface area contributed by atoms with Gasteiger partial charge in [0.2, 0.25) is 0 Å². The molecule has 0 bridgehead atoms. The number of anilines is 1. The van der Waals surface area contributed by atoms with E-state index in [2.05, 4.69) is 46.1 Å². The van der Waals surface area contributed by atoms with E-state index in [0.29, 0.717) is 29.4 Å². The van der Waals surface area contributed by atoms with Crippen LogP contribution in [-0.4, -0.2) is 70.1 Å². The summed E-state index contributed by atoms with van der Waals surface area (Å²) in [4.78, 5) is 15.4. The zero-order valence-corrected chi connectivity index (χ0v) is 20.8. The van der Waals surface area contributed by atoms with Gasteiger partial charge in [-0.1, -0.05) is 13.8 Å². The molecule has 184 valence electrons. The lowest BCUT2D eigenvalue weighted by atomic mass is 9.94. The third-order valence-electron chi connectivity index (χ3n) is 7.43. The van der Waals surface area contributed by atoms with E-state index in [1.54, 1.807) is 18.0 Å². The molecule has 2 saturated heterocycles. The molecule has 0 saturated carbocycles. The van der Waals surface area contributed by atoms with Gasteiger partial charge < -0.3 is 24.7 Å². The number of piperidine rings is 1. The Balaban J connectivity index is 1.37. The molecule has 35 heavy (non-hydrogen) atoms. The summed E-state index contributed by atoms with van der Waals surface area (Å²) in [5.41, 5.74) is 6.40. The number of H-pyrrole nitrogens is 1. The monoisotopic (exact) mass is 475 g/mol. The molecular formula is C26H33N7O2. The van der Waals surface area contributed by atoms with Gasteiger partial charge in [0, 0.05) is 41.8 Å². The first-order valence-electron chi connectivity index (χ1n) is 12.5. The molecule has 0 aliphatic carbocycles. The van der Waals surface area contributed by atoms with Crippen LogP contribution in [0.1, 0.15) is 43.7 Å². The van der Waals surface area contributed by atoms with Crippen LogP contribution in [0.5, 0.6) is 5.75 Å². The van der Waals surface area contributed by atoms with Crippen molar-refractivity contribution in [3.63, 3.8) is 0 Å². The van der Waals surface area contributed by atoms with Crippen molar-refractivity contribution in [2.45, 2.75) is 51.6 Å². The summed E-state index contributed by atoms with van der Waals surface area (Å²) >= 11 is 0. The summed E-state index contributed by atoms with van der Waals surface area (Å²) in [7, 11) is 1.67. The van der Waals surface area contributed by atoms with Crippen molar-refractivity contribution in [1.82, 2.24) is 29.9 Å². The van der Waals surface area contributed by atoms with Crippen molar-refractivity contribution in [2.24, 2.45) is 0 Å². The summed E-state index contributed by atoms with van der Waals surface area (Å²) in [6, 6.07) is 3.14. The van der Waals surface area contributed by atoms with Gasteiger partial charge in [0.25, 0.3) is 0 Å². The highest BCUT2D eigenvalue weighted by molar-refractivity contribution is 5.95. The Morgan fingerprint density at radius 1 is 1.17 bits per heavy atom. The first-order valence-corrected chi connectivity index (χ1v) is 12.5. The van der Waals surface area contributed by atoms with Crippen LogP contribution in [-0.2, 0) is 4.74 Å². The third-order valence-corrected chi connectivity index (χ3v) is 7.43. The number of nitrogens with zero attached hydrogens (tertiary/aromatic N) is 5. The van der Waals surface area contributed by atoms with Crippen molar-refractivity contribution < 1.29 is 9.47 Å². The molecule has 2 aliphatic rings. The van der Waals surface area contributed by atoms with E-state index in [0.717, 1.165) is 61.7 Å². The summed E-state index contributed by atoms with van der Waals surface area (Å²) in [5.74, 6) is 2.12. The second-order valence-corrected chi connectivity index (χ2v) is 10.1. The second kappa shape index (κ2) is 8.80. The van der Waals surface area contributed by atoms with Gasteiger partial charge in [-0.2, -0.15) is 5.10 Å². The van der Waals surface area contributed by atoms with E-state index in [9.17, 15) is 0 Å². The summed E-state index contributed by atoms with van der Waals surface area (Å²) in [6.45, 7) is 10.4. The van der Waals surface area contributed by atoms with E-state index < -0.39 is 0 Å². The lowest BCUT2D eigenvalue weighted by Crippen LogP contribution is -2.53. The Morgan fingerprint density at radius 2 is 1.97 bits per heavy atom. The predicted molar refractivity (Wildman–Crippen MR) is 136 cm³/mol. The molecule has 2 N–H and O–H groups in total. The molecule has 2 fully saturated rings. The number of aromatic nitrogens is 5. The van der Waals surface area contributed by atoms with Crippen LogP contribution in [0.25, 0.3) is 27.8 Å². The minimum absolute atomic E-state index is 0.324. The number of hydrogen-bond acceptors (Lipinski definition) is 7. The van der Waals surface area contributed by atoms with Gasteiger partial charge in [0.15, 0.2) is 11.4 Å². The Kier molecular flexibility index (Phi) is 5.61. The Morgan fingerprint density at radius 3 is 2.66 bits per heavy atom. The Bertz CT molecular complexity index is 1360. The molecular weight excluding hydrogens is 442 g/mol. The smallest absolute Gasteiger partial charge is 0.197 e. The van der Waals surface area contributed by atoms with Crippen molar-refractivity contribution in [2.75, 3.05) is 38.3 Å². The molecule has 0 spiro atoms. The number of nitrogens with one attached hydrogen (secondary N) is 2. The standard InChI is InChI=1S/C26H33N7O2/c1-15(2)22-23-16(3)25(32-7-5-18(6-8-32)30-19-12-35-13-19)27-10-20(23)31-24(22)17-9-21(34-4)26-28-14-29-33(26)11-17/h9-11,14-15,18-19,30-31H,5-8,12-13H2,1-4H3. The van der Waals surface area contributed by atoms with Gasteiger partial charge in [-0.05, 0) is 37.3 Å². The molecule has 2 aliphatic heterocycles. The van der Waals surface area contributed by atoms with Crippen molar-refractivity contribution in [1.29, 1.82) is 0 Å². The number of ether oxygens (including phenoxy) is 2. The molecule has 4 aromatic rings. The van der Waals surface area contributed by atoms with E-state index in [1.165, 1.54) is 16.5 Å². The molecule has 6 heterocycles. The van der Waals surface area contributed by atoms with Gasteiger partial charge in [-0.25, -0.2) is 14.5 Å². The van der Waals surface area contributed by atoms with Gasteiger partial charge in [-0.15, -0.1) is 0 Å². The SMILES string of the molecule is COc1cc(-c2[nH]c3cnc(N4CCC(NC5COC5)CC4)c(C)c3c2C(C)C)cn2ncnc12. The minimum atomic E-state index is 0.324. The topological polar surface area (TPSA) is 92.6 Å². The average Bonchev–Trinajstić information content (AvgIpc) is 3.47. The van der Waals surface area contributed by atoms with E-state index >= 15 is 0 Å². The molecule has 6 rings (SSSR count). The van der Waals surface area contributed by atoms with Crippen LogP contribution in [0.2, 0.25) is 0 Å². The Hall–Kier alpha value is -3.17. The van der Waals surface area contributed by atoms with Gasteiger partial charge in [0.1, 0.15) is 12.1 Å². The van der Waals surface area contributed by atoms with Crippen LogP contribution in [0.3, 0.4) is 0 Å². The van der Waals surface area contributed by atoms with Crippen LogP contribution in [0.15, 0.2) is 24.8 Å². The molecule has 9 nitrogen and oxygen atoms in total. The lowest BCUT2D eigenvalue weighted by molar-refractivity contribution is -0.0111. The highest BCUT2D eigenvalue weighted by Crippen LogP contribution is 2.40. The fourth-order valence-electron chi connectivity index (χ4n) is 5.60. The maximum atomic E-state index is 5.62. The zero-order valence-electron chi connectivity index (χ0n) is 20.8. The quantitative estimate of drug-likeness (QED) is 0.440. The van der Waals surface area contributed by atoms with Gasteiger partial charge in [0.05, 0.1) is 43.8 Å². The number of rotatable bonds is 6. The van der Waals surface area contributed by atoms with E-state index in [1.807, 2.05) is 18.5 Å². The summed E-state index contributed by atoms with van der Waals surface area (Å²) in [5, 5.41) is 9.35. The number of methoxy groups -OCH3 is 1. The van der Waals surface area contributed by atoms with Crippen LogP contribution in [0.4, 0.5) is 5.82 Å². The fraction of sp³-hybridized carbons (Fsp3) is 0.500. The second-order valence-electron chi connectivity index (χ2n) is 10.1. The number of aromatic amines is 1. The molecule has 9 heteroatoms. The first kappa shape index (κ1) is 22.3. The number of pyridine rings is 2. The Labute approximate surface area is 204 Å². The average molecular weight is 476 g/mol. The van der Waals surface area contributed by atoms with Gasteiger partial charge in [-0.3, -0.25) is 0 Å². The number of hydrogen-bond donors (Lipinski definition) is 2. The fourth-order valence-corrected chi connectivity index (χ4v) is 5.60.